The van der Waals surface area contributed by atoms with Gasteiger partial charge >= 0.3 is 60.0 Å². The molecule has 0 aliphatic rings. The molecule has 6 aromatic rings. The molecule has 0 aliphatic carbocycles. The van der Waals surface area contributed by atoms with Crippen LogP contribution in [0.2, 0.25) is 15.1 Å². The molecule has 0 spiro atoms. The van der Waals surface area contributed by atoms with Gasteiger partial charge in [-0.05, 0) is 181 Å². The van der Waals surface area contributed by atoms with Gasteiger partial charge in [0.25, 0.3) is 17.7 Å². The van der Waals surface area contributed by atoms with E-state index in [0.29, 0.717) is 81.2 Å². The normalized spacial score (nSPS) is 10.6. The van der Waals surface area contributed by atoms with Crippen LogP contribution in [0.3, 0.4) is 0 Å². The summed E-state index contributed by atoms with van der Waals surface area (Å²) in [4.78, 5) is 104. The summed E-state index contributed by atoms with van der Waals surface area (Å²) in [5, 5.41) is 22.7. The number of Topliss-reactive ketones (excluding diaryl/α,β-unsaturated/α-hetero) is 4. The summed E-state index contributed by atoms with van der Waals surface area (Å²) in [7, 11) is 0. The molecule has 8 N–H and O–H groups in total. The monoisotopic (exact) mass is 1540 g/mol. The number of aliphatic carboxylic acids is 2. The van der Waals surface area contributed by atoms with Crippen molar-refractivity contribution in [3.63, 3.8) is 0 Å². The van der Waals surface area contributed by atoms with Gasteiger partial charge in [0, 0.05) is 74.1 Å². The van der Waals surface area contributed by atoms with Gasteiger partial charge in [-0.2, -0.15) is 39.5 Å². The number of nitrogens with one attached hydrogen (secondary N) is 3. The average molecular weight is 1540 g/mol. The summed E-state index contributed by atoms with van der Waals surface area (Å²) in [6.45, 7) is 13.1. The van der Waals surface area contributed by atoms with Crippen LogP contribution in [-0.2, 0) is 60.1 Å². The number of alkyl halides is 9. The Morgan fingerprint density at radius 1 is 0.413 bits per heavy atom. The van der Waals surface area contributed by atoms with Crippen LogP contribution in [0.15, 0.2) is 109 Å². The van der Waals surface area contributed by atoms with Gasteiger partial charge in [-0.3, -0.25) is 33.6 Å². The molecule has 0 radical (unpaired) electrons. The Balaban J connectivity index is 0.00000142. The third-order valence-corrected chi connectivity index (χ3v) is 14.6. The van der Waals surface area contributed by atoms with Crippen molar-refractivity contribution < 1.29 is 142 Å². The van der Waals surface area contributed by atoms with Crippen LogP contribution < -0.4 is 65.5 Å². The first kappa shape index (κ1) is 95.8. The predicted octanol–water partition coefficient (Wildman–Crippen LogP) is 15.7. The Bertz CT molecular complexity index is 3660. The van der Waals surface area contributed by atoms with Crippen molar-refractivity contribution in [3.05, 3.63) is 169 Å². The van der Waals surface area contributed by atoms with Crippen LogP contribution in [0.4, 0.5) is 62.3 Å². The second-order valence-electron chi connectivity index (χ2n) is 21.9. The first-order chi connectivity index (χ1) is 47.9. The summed E-state index contributed by atoms with van der Waals surface area (Å²) in [6, 6.07) is 23.0. The zero-order valence-corrected chi connectivity index (χ0v) is 62.5. The summed E-state index contributed by atoms with van der Waals surface area (Å²) in [5.41, 5.74) is 4.00. The topological polar surface area (TPSA) is 314 Å². The summed E-state index contributed by atoms with van der Waals surface area (Å²) in [5.74, 6) is -2.93. The minimum Gasteiger partial charge on any atom is -0.870 e. The number of carbonyl (C=O) groups excluding carboxylic acids is 7. The van der Waals surface area contributed by atoms with E-state index in [-0.39, 0.29) is 154 Å². The number of rotatable bonds is 31. The molecule has 0 unspecified atom stereocenters. The first-order valence-electron chi connectivity index (χ1n) is 31.9. The first-order valence-corrected chi connectivity index (χ1v) is 33.0. The molecular weight excluding hydrogens is 1460 g/mol. The van der Waals surface area contributed by atoms with Crippen molar-refractivity contribution in [1.29, 1.82) is 0 Å². The van der Waals surface area contributed by atoms with E-state index in [9.17, 15) is 82.7 Å². The molecule has 32 heteroatoms. The number of benzene rings is 6. The minimum atomic E-state index is -4.68. The Hall–Kier alpha value is -8.25. The number of anilines is 4. The Labute approximate surface area is 633 Å². The van der Waals surface area contributed by atoms with E-state index in [0.717, 1.165) is 36.4 Å². The van der Waals surface area contributed by atoms with Gasteiger partial charge in [-0.25, -0.2) is 0 Å². The van der Waals surface area contributed by atoms with Gasteiger partial charge < -0.3 is 61.2 Å². The number of unbranched alkanes of at least 4 members (excludes halogenated alkanes) is 3. The fourth-order valence-corrected chi connectivity index (χ4v) is 9.61. The fraction of sp³-hybridized carbons (Fsp3) is 0.375. The zero-order valence-electron chi connectivity index (χ0n) is 58.3. The van der Waals surface area contributed by atoms with E-state index in [1.54, 1.807) is 45.0 Å². The van der Waals surface area contributed by atoms with Crippen LogP contribution in [-0.4, -0.2) is 88.3 Å². The van der Waals surface area contributed by atoms with Crippen molar-refractivity contribution in [2.24, 2.45) is 0 Å². The quantitative estimate of drug-likeness (QED) is 0.0102. The van der Waals surface area contributed by atoms with Gasteiger partial charge in [0.2, 0.25) is 0 Å². The Morgan fingerprint density at radius 2 is 0.683 bits per heavy atom. The van der Waals surface area contributed by atoms with Gasteiger partial charge in [0.15, 0.2) is 0 Å². The van der Waals surface area contributed by atoms with E-state index in [2.05, 4.69) is 16.0 Å². The minimum absolute atomic E-state index is 0. The van der Waals surface area contributed by atoms with Gasteiger partial charge in [0.05, 0.1) is 68.3 Å². The van der Waals surface area contributed by atoms with E-state index in [1.807, 2.05) is 13.8 Å². The Kier molecular flexibility index (Phi) is 44.2. The molecule has 19 nitrogen and oxygen atoms in total. The molecule has 0 atom stereocenters. The smallest absolute Gasteiger partial charge is 0.870 e. The molecule has 0 aromatic heterocycles. The van der Waals surface area contributed by atoms with Crippen LogP contribution in [0.25, 0.3) is 0 Å². The second kappa shape index (κ2) is 48.0. The summed E-state index contributed by atoms with van der Waals surface area (Å²) < 4.78 is 134. The number of carbonyl (C=O) groups is 9. The van der Waals surface area contributed by atoms with Crippen LogP contribution >= 0.6 is 34.8 Å². The molecule has 3 amide bonds. The average Bonchev–Trinajstić information content (AvgIpc) is 0.827. The van der Waals surface area contributed by atoms with E-state index in [4.69, 9.17) is 65.0 Å². The Morgan fingerprint density at radius 3 is 0.952 bits per heavy atom. The molecule has 0 bridgehead atoms. The summed E-state index contributed by atoms with van der Waals surface area (Å²) >= 11 is 16.8. The van der Waals surface area contributed by atoms with Crippen LogP contribution in [0.5, 0.6) is 17.2 Å². The SMILES string of the molecule is CC.CC(=O)CCCCC(=O)O.CCOc1ccc(CC(=O)CCCCC(=O)O)cc1C(=O)Nc1ccc(Cl)c(C(F)(F)F)c1.CCOc1ccc(CC(=O)CCCCC(C)=O)cc1C(=O)Nc1ccc(Cl)c(C(F)(F)F)c1.CCOc1ccc(N)cc1C(=O)Nc1ccc(Cl)c(C(F)(F)F)c1.[Na+].[OH-]. The van der Waals surface area contributed by atoms with Crippen molar-refractivity contribution in [2.45, 2.75) is 157 Å². The summed E-state index contributed by atoms with van der Waals surface area (Å²) in [6.07, 6.45) is -8.87. The molecule has 6 aromatic carbocycles. The molecule has 0 fully saturated rings. The molecule has 0 saturated heterocycles. The third-order valence-electron chi connectivity index (χ3n) is 13.6. The number of carboxylic acid groups (broad SMARTS) is 2. The molecule has 564 valence electrons. The maximum absolute atomic E-state index is 13.1. The molecular formula is C72H81Cl3F9N4NaO15. The van der Waals surface area contributed by atoms with Crippen molar-refractivity contribution in [1.82, 2.24) is 0 Å². The number of ketones is 4. The molecule has 0 heterocycles. The standard InChI is InChI=1S/C24H25ClF3NO4.C23H23ClF3NO5.C16H14ClF3N2O2.C7H12O3.C2H6.Na.H2O/c1-3-33-22-11-8-16(12-18(31)7-5-4-6-15(2)30)13-19(22)23(32)29-17-9-10-21(25)20(14-17)24(26,27)28;1-2-33-20-10-7-14(11-16(29)5-3-4-6-21(30)31)12-17(20)22(32)28-15-8-9-19(24)18(13-15)23(25,26)27;1-2-24-14-6-3-9(21)7-11(14)15(23)22-10-4-5-13(17)12(8-10)16(18,19)20;1-6(8)4-2-3-5-7(9)10;1-2;;/h8-11,13-14H,3-7,12H2,1-2H3,(H,29,32);7-10,12-13H,2-6,11H2,1H3,(H,28,32)(H,30,31);3-8H,2,21H2,1H3,(H,22,23);2-5H2,1H3,(H,9,10);1-2H3;;1H2/q;;;;;+1;/p-1. The third kappa shape index (κ3) is 36.0. The predicted molar refractivity (Wildman–Crippen MR) is 373 cm³/mol. The fourth-order valence-electron chi connectivity index (χ4n) is 8.93. The largest absolute Gasteiger partial charge is 1.00 e. The molecule has 6 rings (SSSR count). The van der Waals surface area contributed by atoms with E-state index in [1.165, 1.54) is 62.4 Å². The number of halogens is 12. The van der Waals surface area contributed by atoms with Crippen molar-refractivity contribution in [3.8, 4) is 17.2 Å². The van der Waals surface area contributed by atoms with Crippen molar-refractivity contribution >= 4 is 110 Å². The number of nitrogens with two attached hydrogens (primary N) is 1. The van der Waals surface area contributed by atoms with Gasteiger partial charge in [-0.1, -0.05) is 60.8 Å². The number of ether oxygens (including phenoxy) is 3. The number of amides is 3. The number of hydrogen-bond acceptors (Lipinski definition) is 14. The number of carboxylic acids is 2. The van der Waals surface area contributed by atoms with Gasteiger partial charge in [0.1, 0.15) is 40.4 Å². The van der Waals surface area contributed by atoms with E-state index >= 15 is 0 Å². The van der Waals surface area contributed by atoms with E-state index < -0.39 is 79.9 Å². The van der Waals surface area contributed by atoms with Crippen LogP contribution in [0, 0.1) is 0 Å². The molecule has 0 aliphatic heterocycles. The second-order valence-corrected chi connectivity index (χ2v) is 23.1. The number of hydrogen-bond donors (Lipinski definition) is 6. The molecule has 104 heavy (non-hydrogen) atoms. The zero-order chi connectivity index (χ0) is 77.1. The van der Waals surface area contributed by atoms with Crippen molar-refractivity contribution in [2.75, 3.05) is 41.5 Å². The maximum atomic E-state index is 13.1. The van der Waals surface area contributed by atoms with Crippen LogP contribution in [0.1, 0.15) is 184 Å². The number of nitrogen functional groups attached to an aromatic ring is 1. The maximum Gasteiger partial charge on any atom is 1.00 e. The van der Waals surface area contributed by atoms with Gasteiger partial charge in [-0.15, -0.1) is 0 Å². The molecule has 0 saturated carbocycles.